The van der Waals surface area contributed by atoms with Crippen LogP contribution in [0.4, 0.5) is 0 Å². The van der Waals surface area contributed by atoms with Gasteiger partial charge in [-0.2, -0.15) is 0 Å². The predicted octanol–water partition coefficient (Wildman–Crippen LogP) is 3.09. The molecule has 0 amide bonds. The molecular formula is C12H17O3P. The Kier molecular flexibility index (Phi) is 5.47. The van der Waals surface area contributed by atoms with E-state index in [1.54, 1.807) is 6.08 Å². The van der Waals surface area contributed by atoms with Crippen LogP contribution in [0.15, 0.2) is 42.2 Å². The van der Waals surface area contributed by atoms with E-state index in [4.69, 9.17) is 9.79 Å². The van der Waals surface area contributed by atoms with E-state index in [2.05, 4.69) is 12.1 Å². The zero-order chi connectivity index (χ0) is 11.9. The van der Waals surface area contributed by atoms with Gasteiger partial charge in [0.2, 0.25) is 0 Å². The molecule has 0 spiro atoms. The summed E-state index contributed by atoms with van der Waals surface area (Å²) in [5, 5.41) is 0. The van der Waals surface area contributed by atoms with Gasteiger partial charge in [0.25, 0.3) is 0 Å². The van der Waals surface area contributed by atoms with Crippen LogP contribution in [0.5, 0.6) is 0 Å². The highest BCUT2D eigenvalue weighted by Gasteiger charge is 2.04. The second kappa shape index (κ2) is 6.64. The minimum Gasteiger partial charge on any atom is -0.321 e. The first kappa shape index (κ1) is 13.2. The number of hydrogen-bond donors (Lipinski definition) is 2. The van der Waals surface area contributed by atoms with Crippen molar-refractivity contribution < 1.29 is 14.4 Å². The van der Waals surface area contributed by atoms with Crippen LogP contribution in [0, 0.1) is 0 Å². The second-order valence-corrected chi connectivity index (χ2v) is 5.18. The summed E-state index contributed by atoms with van der Waals surface area (Å²) in [6.07, 6.45) is 5.29. The fraction of sp³-hybridized carbons (Fsp3) is 0.333. The first-order valence-corrected chi connectivity index (χ1v) is 7.03. The Morgan fingerprint density at radius 3 is 2.44 bits per heavy atom. The van der Waals surface area contributed by atoms with Crippen LogP contribution in [-0.2, 0) is 11.0 Å². The number of benzene rings is 1. The molecule has 0 aliphatic heterocycles. The van der Waals surface area contributed by atoms with Gasteiger partial charge >= 0.3 is 7.60 Å². The lowest BCUT2D eigenvalue weighted by molar-refractivity contribution is 0.386. The Bertz CT molecular complexity index is 367. The molecule has 1 rings (SSSR count). The van der Waals surface area contributed by atoms with Gasteiger partial charge in [-0.25, -0.2) is 0 Å². The largest absolute Gasteiger partial charge is 0.348 e. The van der Waals surface area contributed by atoms with Crippen LogP contribution >= 0.6 is 7.60 Å². The lowest BCUT2D eigenvalue weighted by Gasteiger charge is -1.99. The standard InChI is InChI=1S/C12H17O3P/c13-16(14,15)11-7-2-1-4-8-12-9-5-3-6-10-12/h3,5-7,9-11H,1-2,4,8H2,(H2,13,14,15). The molecule has 0 atom stereocenters. The van der Waals surface area contributed by atoms with Crippen molar-refractivity contribution in [3.8, 4) is 0 Å². The van der Waals surface area contributed by atoms with E-state index in [0.29, 0.717) is 0 Å². The third kappa shape index (κ3) is 6.57. The Morgan fingerprint density at radius 2 is 1.81 bits per heavy atom. The monoisotopic (exact) mass is 240 g/mol. The van der Waals surface area contributed by atoms with Gasteiger partial charge in [-0.3, -0.25) is 4.57 Å². The Hall–Kier alpha value is -0.890. The lowest BCUT2D eigenvalue weighted by Crippen LogP contribution is -1.84. The highest BCUT2D eigenvalue weighted by atomic mass is 31.2. The molecule has 0 unspecified atom stereocenters. The molecule has 0 saturated heterocycles. The van der Waals surface area contributed by atoms with Gasteiger partial charge in [0.1, 0.15) is 0 Å². The molecule has 0 aliphatic rings. The van der Waals surface area contributed by atoms with Gasteiger partial charge in [-0.1, -0.05) is 36.4 Å². The van der Waals surface area contributed by atoms with Crippen LogP contribution in [-0.4, -0.2) is 9.79 Å². The van der Waals surface area contributed by atoms with Gasteiger partial charge in [0, 0.05) is 5.82 Å². The maximum Gasteiger partial charge on any atom is 0.348 e. The van der Waals surface area contributed by atoms with Crippen LogP contribution in [0.3, 0.4) is 0 Å². The molecule has 2 N–H and O–H groups in total. The first-order chi connectivity index (χ1) is 7.58. The molecule has 88 valence electrons. The molecule has 0 aromatic heterocycles. The fourth-order valence-electron chi connectivity index (χ4n) is 1.45. The summed E-state index contributed by atoms with van der Waals surface area (Å²) in [7, 11) is -3.95. The van der Waals surface area contributed by atoms with E-state index in [1.165, 1.54) is 5.56 Å². The summed E-state index contributed by atoms with van der Waals surface area (Å²) in [5.41, 5.74) is 1.31. The van der Waals surface area contributed by atoms with Crippen molar-refractivity contribution in [2.24, 2.45) is 0 Å². The van der Waals surface area contributed by atoms with Crippen LogP contribution in [0.1, 0.15) is 24.8 Å². The van der Waals surface area contributed by atoms with E-state index in [9.17, 15) is 4.57 Å². The molecule has 0 radical (unpaired) electrons. The molecule has 1 aromatic rings. The molecule has 16 heavy (non-hydrogen) atoms. The summed E-state index contributed by atoms with van der Waals surface area (Å²) in [4.78, 5) is 17.2. The molecular weight excluding hydrogens is 223 g/mol. The predicted molar refractivity (Wildman–Crippen MR) is 65.2 cm³/mol. The lowest BCUT2D eigenvalue weighted by atomic mass is 10.1. The molecule has 0 bridgehead atoms. The molecule has 0 saturated carbocycles. The quantitative estimate of drug-likeness (QED) is 0.593. The van der Waals surface area contributed by atoms with Gasteiger partial charge in [-0.05, 0) is 31.2 Å². The summed E-state index contributed by atoms with van der Waals surface area (Å²) in [6.45, 7) is 0. The van der Waals surface area contributed by atoms with E-state index in [1.807, 2.05) is 18.2 Å². The molecule has 4 heteroatoms. The maximum atomic E-state index is 10.5. The van der Waals surface area contributed by atoms with E-state index < -0.39 is 7.60 Å². The van der Waals surface area contributed by atoms with Crippen molar-refractivity contribution in [2.45, 2.75) is 25.7 Å². The zero-order valence-corrected chi connectivity index (χ0v) is 10.0. The smallest absolute Gasteiger partial charge is 0.321 e. The average Bonchev–Trinajstić information content (AvgIpc) is 2.23. The highest BCUT2D eigenvalue weighted by Crippen LogP contribution is 2.36. The number of hydrogen-bond acceptors (Lipinski definition) is 1. The first-order valence-electron chi connectivity index (χ1n) is 5.35. The summed E-state index contributed by atoms with van der Waals surface area (Å²) in [6, 6.07) is 10.2. The molecule has 0 aliphatic carbocycles. The van der Waals surface area contributed by atoms with E-state index in [-0.39, 0.29) is 0 Å². The average molecular weight is 240 g/mol. The Balaban J connectivity index is 2.14. The summed E-state index contributed by atoms with van der Waals surface area (Å²) < 4.78 is 10.5. The normalized spacial score (nSPS) is 12.1. The number of rotatable bonds is 6. The SMILES string of the molecule is O=P(O)(O)C=CCCCCc1ccccc1. The molecule has 3 nitrogen and oxygen atoms in total. The maximum absolute atomic E-state index is 10.5. The van der Waals surface area contributed by atoms with Crippen LogP contribution in [0.25, 0.3) is 0 Å². The number of allylic oxidation sites excluding steroid dienone is 1. The van der Waals surface area contributed by atoms with Crippen molar-refractivity contribution in [3.05, 3.63) is 47.8 Å². The zero-order valence-electron chi connectivity index (χ0n) is 9.12. The van der Waals surface area contributed by atoms with E-state index in [0.717, 1.165) is 31.5 Å². The van der Waals surface area contributed by atoms with Crippen molar-refractivity contribution in [1.29, 1.82) is 0 Å². The van der Waals surface area contributed by atoms with Crippen LogP contribution in [0.2, 0.25) is 0 Å². The van der Waals surface area contributed by atoms with Crippen molar-refractivity contribution in [1.82, 2.24) is 0 Å². The van der Waals surface area contributed by atoms with Crippen molar-refractivity contribution in [2.75, 3.05) is 0 Å². The van der Waals surface area contributed by atoms with Crippen molar-refractivity contribution >= 4 is 7.60 Å². The van der Waals surface area contributed by atoms with Gasteiger partial charge < -0.3 is 9.79 Å². The topological polar surface area (TPSA) is 57.5 Å². The highest BCUT2D eigenvalue weighted by molar-refractivity contribution is 7.55. The fourth-order valence-corrected chi connectivity index (χ4v) is 1.87. The van der Waals surface area contributed by atoms with Crippen molar-refractivity contribution in [3.63, 3.8) is 0 Å². The third-order valence-electron chi connectivity index (χ3n) is 2.23. The summed E-state index contributed by atoms with van der Waals surface area (Å²) >= 11 is 0. The van der Waals surface area contributed by atoms with Gasteiger partial charge in [-0.15, -0.1) is 0 Å². The Labute approximate surface area is 96.0 Å². The Morgan fingerprint density at radius 1 is 1.12 bits per heavy atom. The number of aryl methyl sites for hydroxylation is 1. The molecule has 0 heterocycles. The minimum atomic E-state index is -3.95. The van der Waals surface area contributed by atoms with Gasteiger partial charge in [0.15, 0.2) is 0 Å². The van der Waals surface area contributed by atoms with Gasteiger partial charge in [0.05, 0.1) is 0 Å². The molecule has 0 fully saturated rings. The second-order valence-electron chi connectivity index (χ2n) is 3.71. The third-order valence-corrected chi connectivity index (χ3v) is 2.83. The van der Waals surface area contributed by atoms with E-state index >= 15 is 0 Å². The minimum absolute atomic E-state index is 0.720. The molecule has 1 aromatic carbocycles. The summed E-state index contributed by atoms with van der Waals surface area (Å²) in [5.74, 6) is 0.982. The number of unbranched alkanes of at least 4 members (excludes halogenated alkanes) is 2. The van der Waals surface area contributed by atoms with Crippen LogP contribution < -0.4 is 0 Å².